The Morgan fingerprint density at radius 2 is 2.00 bits per heavy atom. The van der Waals surface area contributed by atoms with Crippen LogP contribution >= 0.6 is 0 Å². The van der Waals surface area contributed by atoms with E-state index in [1.807, 2.05) is 25.6 Å². The van der Waals surface area contributed by atoms with E-state index in [9.17, 15) is 8.42 Å². The Morgan fingerprint density at radius 1 is 1.33 bits per heavy atom. The number of guanidine groups is 1. The molecule has 0 spiro atoms. The minimum atomic E-state index is -3.12. The average molecular weight is 401 g/mol. The molecular formula is C18H36N6O2S. The van der Waals surface area contributed by atoms with E-state index in [0.717, 1.165) is 24.6 Å². The highest BCUT2D eigenvalue weighted by Gasteiger charge is 2.15. The molecule has 0 aliphatic rings. The summed E-state index contributed by atoms with van der Waals surface area (Å²) in [5, 5.41) is 11.2. The van der Waals surface area contributed by atoms with Gasteiger partial charge in [-0.1, -0.05) is 0 Å². The summed E-state index contributed by atoms with van der Waals surface area (Å²) >= 11 is 0. The fourth-order valence-electron chi connectivity index (χ4n) is 2.87. The third-order valence-electron chi connectivity index (χ3n) is 4.64. The quantitative estimate of drug-likeness (QED) is 0.350. The van der Waals surface area contributed by atoms with Gasteiger partial charge in [0.1, 0.15) is 0 Å². The zero-order valence-electron chi connectivity index (χ0n) is 17.8. The number of hydrogen-bond donors (Lipinski definition) is 2. The fourth-order valence-corrected chi connectivity index (χ4v) is 3.72. The summed E-state index contributed by atoms with van der Waals surface area (Å²) in [4.78, 5) is 4.58. The van der Waals surface area contributed by atoms with E-state index in [4.69, 9.17) is 0 Å². The van der Waals surface area contributed by atoms with Gasteiger partial charge in [0, 0.05) is 45.5 Å². The molecule has 8 nitrogen and oxygen atoms in total. The predicted molar refractivity (Wildman–Crippen MR) is 112 cm³/mol. The maximum atomic E-state index is 11.8. The number of hydrogen-bond acceptors (Lipinski definition) is 4. The molecule has 0 bridgehead atoms. The van der Waals surface area contributed by atoms with Gasteiger partial charge in [0.2, 0.25) is 10.0 Å². The van der Waals surface area contributed by atoms with Crippen LogP contribution in [0.25, 0.3) is 0 Å². The SMILES string of the molecule is CCNC(=NCCCN(C)S(=O)(=O)CC)NC(C)Cc1c(C)nn(C)c1C. The Labute approximate surface area is 164 Å². The van der Waals surface area contributed by atoms with Crippen molar-refractivity contribution in [3.8, 4) is 0 Å². The van der Waals surface area contributed by atoms with Gasteiger partial charge in [-0.15, -0.1) is 0 Å². The third-order valence-corrected chi connectivity index (χ3v) is 6.50. The molecule has 0 aliphatic heterocycles. The largest absolute Gasteiger partial charge is 0.357 e. The zero-order valence-corrected chi connectivity index (χ0v) is 18.7. The molecule has 0 saturated heterocycles. The third kappa shape index (κ3) is 7.14. The first-order valence-electron chi connectivity index (χ1n) is 9.60. The lowest BCUT2D eigenvalue weighted by molar-refractivity contribution is 0.464. The smallest absolute Gasteiger partial charge is 0.213 e. The maximum absolute atomic E-state index is 11.8. The van der Waals surface area contributed by atoms with E-state index in [-0.39, 0.29) is 11.8 Å². The molecule has 1 unspecified atom stereocenters. The number of nitrogens with zero attached hydrogens (tertiary/aromatic N) is 4. The lowest BCUT2D eigenvalue weighted by Crippen LogP contribution is -2.43. The summed E-state index contributed by atoms with van der Waals surface area (Å²) < 4.78 is 26.8. The number of aromatic nitrogens is 2. The lowest BCUT2D eigenvalue weighted by Gasteiger charge is -2.19. The van der Waals surface area contributed by atoms with Crippen LogP contribution in [0.2, 0.25) is 0 Å². The van der Waals surface area contributed by atoms with Crippen LogP contribution in [0.5, 0.6) is 0 Å². The van der Waals surface area contributed by atoms with Crippen LogP contribution in [0.3, 0.4) is 0 Å². The fraction of sp³-hybridized carbons (Fsp3) is 0.778. The van der Waals surface area contributed by atoms with Crippen molar-refractivity contribution in [3.63, 3.8) is 0 Å². The molecule has 1 heterocycles. The first kappa shape index (κ1) is 23.4. The van der Waals surface area contributed by atoms with Crippen LogP contribution in [-0.2, 0) is 23.5 Å². The highest BCUT2D eigenvalue weighted by molar-refractivity contribution is 7.89. The topological polar surface area (TPSA) is 91.6 Å². The Kier molecular flexibility index (Phi) is 9.25. The van der Waals surface area contributed by atoms with Crippen LogP contribution < -0.4 is 10.6 Å². The summed E-state index contributed by atoms with van der Waals surface area (Å²) in [5.41, 5.74) is 3.51. The van der Waals surface area contributed by atoms with Gasteiger partial charge >= 0.3 is 0 Å². The second kappa shape index (κ2) is 10.7. The number of nitrogens with one attached hydrogen (secondary N) is 2. The molecule has 0 fully saturated rings. The van der Waals surface area contributed by atoms with Crippen LogP contribution in [0.1, 0.15) is 44.1 Å². The predicted octanol–water partition coefficient (Wildman–Crippen LogP) is 1.19. The van der Waals surface area contributed by atoms with E-state index in [0.29, 0.717) is 19.5 Å². The molecule has 0 aromatic carbocycles. The number of aliphatic imine (C=N–C) groups is 1. The summed E-state index contributed by atoms with van der Waals surface area (Å²) in [6, 6.07) is 0.201. The summed E-state index contributed by atoms with van der Waals surface area (Å²) in [7, 11) is 0.458. The van der Waals surface area contributed by atoms with E-state index in [1.54, 1.807) is 14.0 Å². The van der Waals surface area contributed by atoms with Gasteiger partial charge in [-0.05, 0) is 53.0 Å². The van der Waals surface area contributed by atoms with Crippen LogP contribution in [0.15, 0.2) is 4.99 Å². The number of rotatable bonds is 10. The Morgan fingerprint density at radius 3 is 2.52 bits per heavy atom. The highest BCUT2D eigenvalue weighted by atomic mass is 32.2. The van der Waals surface area contributed by atoms with E-state index >= 15 is 0 Å². The Hall–Kier alpha value is -1.61. The normalized spacial score (nSPS) is 13.9. The molecular weight excluding hydrogens is 364 g/mol. The van der Waals surface area contributed by atoms with Crippen molar-refractivity contribution < 1.29 is 8.42 Å². The number of aryl methyl sites for hydroxylation is 2. The van der Waals surface area contributed by atoms with Gasteiger partial charge in [0.25, 0.3) is 0 Å². The lowest BCUT2D eigenvalue weighted by atomic mass is 10.1. The number of sulfonamides is 1. The van der Waals surface area contributed by atoms with Crippen molar-refractivity contribution in [2.75, 3.05) is 32.4 Å². The van der Waals surface area contributed by atoms with Crippen molar-refractivity contribution >= 4 is 16.0 Å². The molecule has 9 heteroatoms. The zero-order chi connectivity index (χ0) is 20.6. The van der Waals surface area contributed by atoms with Gasteiger partial charge in [-0.3, -0.25) is 9.67 Å². The standard InChI is InChI=1S/C18H36N6O2S/c1-8-19-18(20-11-10-12-23(6)27(25,26)9-2)21-14(3)13-17-15(4)22-24(7)16(17)5/h14H,8-13H2,1-7H3,(H2,19,20,21). The van der Waals surface area contributed by atoms with E-state index < -0.39 is 10.0 Å². The van der Waals surface area contributed by atoms with Gasteiger partial charge in [-0.25, -0.2) is 12.7 Å². The van der Waals surface area contributed by atoms with Crippen LogP contribution in [0, 0.1) is 13.8 Å². The molecule has 1 aromatic heterocycles. The Balaban J connectivity index is 2.60. The summed E-state index contributed by atoms with van der Waals surface area (Å²) in [5.74, 6) is 0.881. The van der Waals surface area contributed by atoms with Gasteiger partial charge in [-0.2, -0.15) is 5.10 Å². The van der Waals surface area contributed by atoms with E-state index in [2.05, 4.69) is 34.6 Å². The van der Waals surface area contributed by atoms with Gasteiger partial charge in [0.05, 0.1) is 11.4 Å². The van der Waals surface area contributed by atoms with E-state index in [1.165, 1.54) is 15.6 Å². The molecule has 1 aromatic rings. The highest BCUT2D eigenvalue weighted by Crippen LogP contribution is 2.14. The monoisotopic (exact) mass is 400 g/mol. The molecule has 1 atom stereocenters. The second-order valence-electron chi connectivity index (χ2n) is 6.86. The van der Waals surface area contributed by atoms with Crippen molar-refractivity contribution in [1.29, 1.82) is 0 Å². The van der Waals surface area contributed by atoms with Crippen molar-refractivity contribution in [3.05, 3.63) is 17.0 Å². The van der Waals surface area contributed by atoms with Crippen molar-refractivity contribution in [2.45, 2.75) is 53.5 Å². The minimum absolute atomic E-state index is 0.127. The van der Waals surface area contributed by atoms with Crippen molar-refractivity contribution in [1.82, 2.24) is 24.7 Å². The molecule has 27 heavy (non-hydrogen) atoms. The van der Waals surface area contributed by atoms with Crippen LogP contribution in [-0.4, -0.2) is 66.9 Å². The molecule has 0 saturated carbocycles. The summed E-state index contributed by atoms with van der Waals surface area (Å²) in [6.45, 7) is 11.7. The minimum Gasteiger partial charge on any atom is -0.357 e. The molecule has 0 amide bonds. The molecule has 1 rings (SSSR count). The Bertz CT molecular complexity index is 726. The van der Waals surface area contributed by atoms with Crippen LogP contribution in [0.4, 0.5) is 0 Å². The molecule has 2 N–H and O–H groups in total. The van der Waals surface area contributed by atoms with Crippen molar-refractivity contribution in [2.24, 2.45) is 12.0 Å². The first-order chi connectivity index (χ1) is 12.6. The summed E-state index contributed by atoms with van der Waals surface area (Å²) in [6.07, 6.45) is 1.55. The maximum Gasteiger partial charge on any atom is 0.213 e. The van der Waals surface area contributed by atoms with Gasteiger partial charge < -0.3 is 10.6 Å². The molecule has 156 valence electrons. The van der Waals surface area contributed by atoms with Gasteiger partial charge in [0.15, 0.2) is 5.96 Å². The molecule has 0 radical (unpaired) electrons. The molecule has 0 aliphatic carbocycles. The second-order valence-corrected chi connectivity index (χ2v) is 9.22. The average Bonchev–Trinajstić information content (AvgIpc) is 2.84. The first-order valence-corrected chi connectivity index (χ1v) is 11.2.